The van der Waals surface area contributed by atoms with Crippen molar-refractivity contribution in [3.05, 3.63) is 35.6 Å². The number of halogens is 1. The maximum Gasteiger partial charge on any atom is 0.242 e. The molecule has 0 aromatic heterocycles. The fraction of sp³-hybridized carbons (Fsp3) is 0.500. The Morgan fingerprint density at radius 1 is 1.29 bits per heavy atom. The Morgan fingerprint density at radius 2 is 1.95 bits per heavy atom. The van der Waals surface area contributed by atoms with Gasteiger partial charge in [0.2, 0.25) is 11.8 Å². The molecule has 0 aliphatic heterocycles. The Labute approximate surface area is 125 Å². The number of likely N-dealkylation sites (N-methyl/N-ethyl adjacent to an activating group) is 1. The Hall–Kier alpha value is -1.91. The van der Waals surface area contributed by atoms with Crippen molar-refractivity contribution in [2.24, 2.45) is 0 Å². The van der Waals surface area contributed by atoms with Gasteiger partial charge in [-0.3, -0.25) is 9.59 Å². The second kappa shape index (κ2) is 8.39. The van der Waals surface area contributed by atoms with Crippen molar-refractivity contribution >= 4 is 11.8 Å². The molecule has 0 heterocycles. The number of carbonyl (C=O) groups is 2. The third-order valence-corrected chi connectivity index (χ3v) is 3.28. The summed E-state index contributed by atoms with van der Waals surface area (Å²) in [6.07, 6.45) is 1.03. The van der Waals surface area contributed by atoms with Crippen LogP contribution in [0.5, 0.6) is 0 Å². The minimum atomic E-state index is -0.622. The van der Waals surface area contributed by atoms with Gasteiger partial charge < -0.3 is 10.2 Å². The lowest BCUT2D eigenvalue weighted by atomic mass is 10.1. The van der Waals surface area contributed by atoms with E-state index in [9.17, 15) is 14.0 Å². The molecule has 1 atom stereocenters. The normalized spacial score (nSPS) is 11.8. The number of carbonyl (C=O) groups excluding carboxylic acids is 2. The third-order valence-electron chi connectivity index (χ3n) is 3.28. The second-order valence-electron chi connectivity index (χ2n) is 4.93. The van der Waals surface area contributed by atoms with Crippen LogP contribution < -0.4 is 5.32 Å². The van der Waals surface area contributed by atoms with Crippen LogP contribution in [0.2, 0.25) is 0 Å². The van der Waals surface area contributed by atoms with Gasteiger partial charge in [-0.15, -0.1) is 0 Å². The molecule has 2 amide bonds. The molecule has 5 heteroatoms. The molecule has 0 saturated carbocycles. The van der Waals surface area contributed by atoms with Crippen molar-refractivity contribution in [2.75, 3.05) is 6.54 Å². The van der Waals surface area contributed by atoms with Crippen molar-refractivity contribution in [1.82, 2.24) is 10.2 Å². The van der Waals surface area contributed by atoms with Crippen LogP contribution in [0.1, 0.15) is 39.2 Å². The van der Waals surface area contributed by atoms with Crippen LogP contribution >= 0.6 is 0 Å². The lowest BCUT2D eigenvalue weighted by Crippen LogP contribution is -2.47. The minimum Gasteiger partial charge on any atom is -0.355 e. The van der Waals surface area contributed by atoms with Crippen LogP contribution in [0.4, 0.5) is 4.39 Å². The van der Waals surface area contributed by atoms with E-state index in [1.54, 1.807) is 25.1 Å². The maximum atomic E-state index is 13.8. The summed E-state index contributed by atoms with van der Waals surface area (Å²) in [7, 11) is 0. The predicted octanol–water partition coefficient (Wildman–Crippen LogP) is 2.48. The van der Waals surface area contributed by atoms with Crippen molar-refractivity contribution in [3.63, 3.8) is 0 Å². The van der Waals surface area contributed by atoms with E-state index in [2.05, 4.69) is 5.32 Å². The van der Waals surface area contributed by atoms with E-state index < -0.39 is 6.04 Å². The molecule has 0 aliphatic carbocycles. The van der Waals surface area contributed by atoms with Crippen LogP contribution in [0.15, 0.2) is 24.3 Å². The number of nitrogens with one attached hydrogen (secondary N) is 1. The van der Waals surface area contributed by atoms with Crippen molar-refractivity contribution in [2.45, 2.75) is 46.2 Å². The highest BCUT2D eigenvalue weighted by Gasteiger charge is 2.25. The first-order chi connectivity index (χ1) is 10.0. The molecule has 0 radical (unpaired) electrons. The standard InChI is InChI=1S/C16H23FN2O2/c1-4-8-15(20)19(12(3)16(21)18-5-2)11-13-9-6-7-10-14(13)17/h6-7,9-10,12H,4-5,8,11H2,1-3H3,(H,18,21). The summed E-state index contributed by atoms with van der Waals surface area (Å²) in [4.78, 5) is 25.6. The fourth-order valence-electron chi connectivity index (χ4n) is 2.07. The lowest BCUT2D eigenvalue weighted by Gasteiger charge is -2.28. The van der Waals surface area contributed by atoms with E-state index in [0.29, 0.717) is 24.9 Å². The van der Waals surface area contributed by atoms with Gasteiger partial charge in [0.05, 0.1) is 0 Å². The lowest BCUT2D eigenvalue weighted by molar-refractivity contribution is -0.140. The maximum absolute atomic E-state index is 13.8. The fourth-order valence-corrected chi connectivity index (χ4v) is 2.07. The van der Waals surface area contributed by atoms with Gasteiger partial charge in [0.15, 0.2) is 0 Å². The first-order valence-corrected chi connectivity index (χ1v) is 7.31. The molecule has 0 aliphatic rings. The zero-order valence-electron chi connectivity index (χ0n) is 12.9. The number of hydrogen-bond acceptors (Lipinski definition) is 2. The number of hydrogen-bond donors (Lipinski definition) is 1. The Kier molecular flexibility index (Phi) is 6.85. The molecule has 0 bridgehead atoms. The van der Waals surface area contributed by atoms with Crippen LogP contribution in [0.3, 0.4) is 0 Å². The van der Waals surface area contributed by atoms with Crippen molar-refractivity contribution < 1.29 is 14.0 Å². The summed E-state index contributed by atoms with van der Waals surface area (Å²) >= 11 is 0. The molecule has 0 saturated heterocycles. The molecular weight excluding hydrogens is 271 g/mol. The highest BCUT2D eigenvalue weighted by Crippen LogP contribution is 2.14. The van der Waals surface area contributed by atoms with E-state index in [0.717, 1.165) is 0 Å². The molecule has 0 spiro atoms. The van der Waals surface area contributed by atoms with E-state index in [1.165, 1.54) is 11.0 Å². The molecule has 116 valence electrons. The average Bonchev–Trinajstić information content (AvgIpc) is 2.46. The molecular formula is C16H23FN2O2. The highest BCUT2D eigenvalue weighted by atomic mass is 19.1. The smallest absolute Gasteiger partial charge is 0.242 e. The van der Waals surface area contributed by atoms with E-state index in [-0.39, 0.29) is 24.2 Å². The molecule has 1 N–H and O–H groups in total. The van der Waals surface area contributed by atoms with Crippen LogP contribution in [-0.2, 0) is 16.1 Å². The number of amides is 2. The van der Waals surface area contributed by atoms with Gasteiger partial charge in [0, 0.05) is 25.1 Å². The van der Waals surface area contributed by atoms with Gasteiger partial charge in [0.25, 0.3) is 0 Å². The summed E-state index contributed by atoms with van der Waals surface area (Å²) in [5, 5.41) is 2.70. The van der Waals surface area contributed by atoms with Gasteiger partial charge in [-0.2, -0.15) is 0 Å². The summed E-state index contributed by atoms with van der Waals surface area (Å²) in [5.74, 6) is -0.729. The first kappa shape index (κ1) is 17.1. The van der Waals surface area contributed by atoms with Gasteiger partial charge in [-0.1, -0.05) is 25.1 Å². The minimum absolute atomic E-state index is 0.101. The summed E-state index contributed by atoms with van der Waals surface area (Å²) in [6, 6.07) is 5.69. The third kappa shape index (κ3) is 4.85. The second-order valence-corrected chi connectivity index (χ2v) is 4.93. The van der Waals surface area contributed by atoms with Gasteiger partial charge >= 0.3 is 0 Å². The summed E-state index contributed by atoms with van der Waals surface area (Å²) in [5.41, 5.74) is 0.415. The highest BCUT2D eigenvalue weighted by molar-refractivity contribution is 5.87. The zero-order valence-corrected chi connectivity index (χ0v) is 12.9. The number of benzene rings is 1. The SMILES string of the molecule is CCCC(=O)N(Cc1ccccc1F)C(C)C(=O)NCC. The number of nitrogens with zero attached hydrogens (tertiary/aromatic N) is 1. The van der Waals surface area contributed by atoms with E-state index in [4.69, 9.17) is 0 Å². The number of rotatable bonds is 7. The van der Waals surface area contributed by atoms with Gasteiger partial charge in [-0.05, 0) is 26.3 Å². The van der Waals surface area contributed by atoms with Gasteiger partial charge in [0.1, 0.15) is 11.9 Å². The molecule has 1 rings (SSSR count). The monoisotopic (exact) mass is 294 g/mol. The molecule has 0 fully saturated rings. The largest absolute Gasteiger partial charge is 0.355 e. The first-order valence-electron chi connectivity index (χ1n) is 7.31. The van der Waals surface area contributed by atoms with Crippen LogP contribution in [-0.4, -0.2) is 29.3 Å². The summed E-state index contributed by atoms with van der Waals surface area (Å²) < 4.78 is 13.8. The van der Waals surface area contributed by atoms with Crippen LogP contribution in [0.25, 0.3) is 0 Å². The Balaban J connectivity index is 2.94. The topological polar surface area (TPSA) is 49.4 Å². The zero-order chi connectivity index (χ0) is 15.8. The average molecular weight is 294 g/mol. The van der Waals surface area contributed by atoms with Crippen molar-refractivity contribution in [1.29, 1.82) is 0 Å². The van der Waals surface area contributed by atoms with Crippen molar-refractivity contribution in [3.8, 4) is 0 Å². The predicted molar refractivity (Wildman–Crippen MR) is 80.0 cm³/mol. The Morgan fingerprint density at radius 3 is 2.52 bits per heavy atom. The molecule has 21 heavy (non-hydrogen) atoms. The molecule has 1 unspecified atom stereocenters. The Bertz CT molecular complexity index is 491. The quantitative estimate of drug-likeness (QED) is 0.840. The van der Waals surface area contributed by atoms with E-state index in [1.807, 2.05) is 13.8 Å². The summed E-state index contributed by atoms with van der Waals surface area (Å²) in [6.45, 7) is 5.98. The van der Waals surface area contributed by atoms with Crippen LogP contribution in [0, 0.1) is 5.82 Å². The van der Waals surface area contributed by atoms with Gasteiger partial charge in [-0.25, -0.2) is 4.39 Å². The molecule has 1 aromatic rings. The molecule has 1 aromatic carbocycles. The molecule has 4 nitrogen and oxygen atoms in total. The van der Waals surface area contributed by atoms with E-state index >= 15 is 0 Å².